The summed E-state index contributed by atoms with van der Waals surface area (Å²) in [6.07, 6.45) is 0. The predicted octanol–water partition coefficient (Wildman–Crippen LogP) is 4.34. The lowest BCUT2D eigenvalue weighted by molar-refractivity contribution is 0.289. The molecule has 0 unspecified atom stereocenters. The first kappa shape index (κ1) is 14.5. The van der Waals surface area contributed by atoms with Crippen molar-refractivity contribution in [3.63, 3.8) is 0 Å². The van der Waals surface area contributed by atoms with E-state index in [1.165, 1.54) is 6.07 Å². The standard InChI is InChI=1S/C14H15BrFNOS/c1-2-17-8-10-4-3-5-12(16)14(10)18-9-13-11(15)6-7-19-13/h3-7,17H,2,8-9H2,1H3. The van der Waals surface area contributed by atoms with Gasteiger partial charge < -0.3 is 10.1 Å². The third-order valence-corrected chi connectivity index (χ3v) is 4.55. The second-order valence-electron chi connectivity index (χ2n) is 3.99. The van der Waals surface area contributed by atoms with E-state index in [9.17, 15) is 4.39 Å². The van der Waals surface area contributed by atoms with Gasteiger partial charge in [0.15, 0.2) is 11.6 Å². The number of thiophene rings is 1. The minimum Gasteiger partial charge on any atom is -0.485 e. The number of rotatable bonds is 6. The molecule has 1 aromatic heterocycles. The molecule has 0 amide bonds. The maximum atomic E-state index is 13.8. The molecule has 0 aliphatic carbocycles. The molecule has 1 N–H and O–H groups in total. The lowest BCUT2D eigenvalue weighted by Crippen LogP contribution is -2.13. The van der Waals surface area contributed by atoms with E-state index in [4.69, 9.17) is 4.74 Å². The summed E-state index contributed by atoms with van der Waals surface area (Å²) in [6, 6.07) is 6.97. The van der Waals surface area contributed by atoms with Gasteiger partial charge in [-0.1, -0.05) is 19.1 Å². The van der Waals surface area contributed by atoms with Crippen molar-refractivity contribution < 1.29 is 9.13 Å². The Morgan fingerprint density at radius 1 is 1.37 bits per heavy atom. The van der Waals surface area contributed by atoms with Gasteiger partial charge in [0.2, 0.25) is 0 Å². The van der Waals surface area contributed by atoms with Crippen LogP contribution in [0.4, 0.5) is 4.39 Å². The van der Waals surface area contributed by atoms with Gasteiger partial charge >= 0.3 is 0 Å². The zero-order chi connectivity index (χ0) is 13.7. The highest BCUT2D eigenvalue weighted by atomic mass is 79.9. The molecule has 0 atom stereocenters. The van der Waals surface area contributed by atoms with Crippen LogP contribution in [0, 0.1) is 5.82 Å². The Labute approximate surface area is 124 Å². The van der Waals surface area contributed by atoms with Crippen molar-refractivity contribution in [2.45, 2.75) is 20.1 Å². The molecule has 0 spiro atoms. The monoisotopic (exact) mass is 343 g/mol. The zero-order valence-electron chi connectivity index (χ0n) is 10.6. The van der Waals surface area contributed by atoms with E-state index in [2.05, 4.69) is 21.2 Å². The van der Waals surface area contributed by atoms with Crippen molar-refractivity contribution in [1.29, 1.82) is 0 Å². The van der Waals surface area contributed by atoms with Gasteiger partial charge in [-0.3, -0.25) is 0 Å². The maximum absolute atomic E-state index is 13.8. The van der Waals surface area contributed by atoms with Crippen LogP contribution in [0.2, 0.25) is 0 Å². The van der Waals surface area contributed by atoms with Crippen molar-refractivity contribution in [3.05, 3.63) is 50.4 Å². The van der Waals surface area contributed by atoms with Gasteiger partial charge in [0.1, 0.15) is 6.61 Å². The number of nitrogens with one attached hydrogen (secondary N) is 1. The Morgan fingerprint density at radius 2 is 2.21 bits per heavy atom. The first-order valence-electron chi connectivity index (χ1n) is 6.05. The zero-order valence-corrected chi connectivity index (χ0v) is 13.0. The summed E-state index contributed by atoms with van der Waals surface area (Å²) in [4.78, 5) is 1.05. The number of para-hydroxylation sites is 1. The molecule has 0 aliphatic rings. The number of hydrogen-bond donors (Lipinski definition) is 1. The molecule has 5 heteroatoms. The topological polar surface area (TPSA) is 21.3 Å². The van der Waals surface area contributed by atoms with E-state index in [-0.39, 0.29) is 5.82 Å². The third kappa shape index (κ3) is 3.78. The Bertz CT molecular complexity index is 544. The molecule has 0 radical (unpaired) electrons. The van der Waals surface area contributed by atoms with Crippen LogP contribution < -0.4 is 10.1 Å². The summed E-state index contributed by atoms with van der Waals surface area (Å²) in [6.45, 7) is 3.84. The second-order valence-corrected chi connectivity index (χ2v) is 5.84. The van der Waals surface area contributed by atoms with Gasteiger partial charge in [0.05, 0.1) is 4.88 Å². The van der Waals surface area contributed by atoms with E-state index in [1.54, 1.807) is 17.4 Å². The molecule has 102 valence electrons. The number of benzene rings is 1. The summed E-state index contributed by atoms with van der Waals surface area (Å²) < 4.78 is 20.5. The molecule has 0 saturated heterocycles. The molecule has 2 nitrogen and oxygen atoms in total. The number of hydrogen-bond acceptors (Lipinski definition) is 3. The van der Waals surface area contributed by atoms with E-state index in [0.717, 1.165) is 21.5 Å². The minimum atomic E-state index is -0.317. The highest BCUT2D eigenvalue weighted by molar-refractivity contribution is 9.10. The Hall–Kier alpha value is -0.910. The fourth-order valence-corrected chi connectivity index (χ4v) is 3.06. The first-order valence-corrected chi connectivity index (χ1v) is 7.72. The fraction of sp³-hybridized carbons (Fsp3) is 0.286. The van der Waals surface area contributed by atoms with Crippen molar-refractivity contribution >= 4 is 27.3 Å². The van der Waals surface area contributed by atoms with Crippen molar-refractivity contribution in [1.82, 2.24) is 5.32 Å². The summed E-state index contributed by atoms with van der Waals surface area (Å²) in [5.41, 5.74) is 0.842. The first-order chi connectivity index (χ1) is 9.22. The molecule has 0 aliphatic heterocycles. The van der Waals surface area contributed by atoms with Gasteiger partial charge in [0, 0.05) is 16.6 Å². The van der Waals surface area contributed by atoms with E-state index in [0.29, 0.717) is 18.9 Å². The summed E-state index contributed by atoms with van der Waals surface area (Å²) in [5.74, 6) is 0.0202. The van der Waals surface area contributed by atoms with Gasteiger partial charge in [-0.2, -0.15) is 0 Å². The van der Waals surface area contributed by atoms with E-state index < -0.39 is 0 Å². The second kappa shape index (κ2) is 7.03. The quantitative estimate of drug-likeness (QED) is 0.842. The molecular formula is C14H15BrFNOS. The smallest absolute Gasteiger partial charge is 0.165 e. The van der Waals surface area contributed by atoms with Gasteiger partial charge in [-0.05, 0) is 40.0 Å². The molecule has 2 rings (SSSR count). The third-order valence-electron chi connectivity index (χ3n) is 2.65. The molecule has 0 bridgehead atoms. The predicted molar refractivity (Wildman–Crippen MR) is 80.1 cm³/mol. The SMILES string of the molecule is CCNCc1cccc(F)c1OCc1sccc1Br. The van der Waals surface area contributed by atoms with Crippen LogP contribution in [0.3, 0.4) is 0 Å². The molecule has 0 saturated carbocycles. The summed E-state index contributed by atoms with van der Waals surface area (Å²) >= 11 is 5.03. The van der Waals surface area contributed by atoms with Crippen LogP contribution in [-0.4, -0.2) is 6.54 Å². The van der Waals surface area contributed by atoms with Crippen LogP contribution in [0.5, 0.6) is 5.75 Å². The molecule has 2 aromatic rings. The van der Waals surface area contributed by atoms with Gasteiger partial charge in [-0.25, -0.2) is 4.39 Å². The molecule has 1 aromatic carbocycles. The maximum Gasteiger partial charge on any atom is 0.165 e. The average Bonchev–Trinajstić information content (AvgIpc) is 2.81. The Balaban J connectivity index is 2.12. The highest BCUT2D eigenvalue weighted by Crippen LogP contribution is 2.27. The lowest BCUT2D eigenvalue weighted by atomic mass is 10.2. The molecule has 19 heavy (non-hydrogen) atoms. The van der Waals surface area contributed by atoms with Crippen LogP contribution >= 0.6 is 27.3 Å². The highest BCUT2D eigenvalue weighted by Gasteiger charge is 2.11. The normalized spacial score (nSPS) is 10.7. The fourth-order valence-electron chi connectivity index (χ4n) is 1.68. The summed E-state index contributed by atoms with van der Waals surface area (Å²) in [7, 11) is 0. The Morgan fingerprint density at radius 3 is 2.89 bits per heavy atom. The summed E-state index contributed by atoms with van der Waals surface area (Å²) in [5, 5.41) is 5.16. The van der Waals surface area contributed by atoms with E-state index >= 15 is 0 Å². The minimum absolute atomic E-state index is 0.317. The lowest BCUT2D eigenvalue weighted by Gasteiger charge is -2.12. The number of halogens is 2. The van der Waals surface area contributed by atoms with Crippen LogP contribution in [0.25, 0.3) is 0 Å². The molecular weight excluding hydrogens is 329 g/mol. The average molecular weight is 344 g/mol. The van der Waals surface area contributed by atoms with Gasteiger partial charge in [0.25, 0.3) is 0 Å². The van der Waals surface area contributed by atoms with Crippen molar-refractivity contribution in [3.8, 4) is 5.75 Å². The molecule has 0 fully saturated rings. The van der Waals surface area contributed by atoms with Crippen molar-refractivity contribution in [2.75, 3.05) is 6.54 Å². The number of ether oxygens (including phenoxy) is 1. The van der Waals surface area contributed by atoms with E-state index in [1.807, 2.05) is 24.4 Å². The van der Waals surface area contributed by atoms with Crippen LogP contribution in [-0.2, 0) is 13.2 Å². The van der Waals surface area contributed by atoms with Crippen LogP contribution in [0.15, 0.2) is 34.1 Å². The van der Waals surface area contributed by atoms with Crippen molar-refractivity contribution in [2.24, 2.45) is 0 Å². The largest absolute Gasteiger partial charge is 0.485 e. The van der Waals surface area contributed by atoms with Crippen LogP contribution in [0.1, 0.15) is 17.4 Å². The van der Waals surface area contributed by atoms with Gasteiger partial charge in [-0.15, -0.1) is 11.3 Å². The molecule has 1 heterocycles. The Kier molecular flexibility index (Phi) is 5.36.